The number of rotatable bonds is 3. The molecule has 112 valence electrons. The summed E-state index contributed by atoms with van der Waals surface area (Å²) in [5, 5.41) is 15.3. The highest BCUT2D eigenvalue weighted by atomic mass is 16.5. The highest BCUT2D eigenvalue weighted by Crippen LogP contribution is 2.17. The van der Waals surface area contributed by atoms with Crippen LogP contribution in [0.5, 0.6) is 0 Å². The van der Waals surface area contributed by atoms with Crippen molar-refractivity contribution in [2.75, 3.05) is 0 Å². The van der Waals surface area contributed by atoms with E-state index in [1.807, 2.05) is 0 Å². The van der Waals surface area contributed by atoms with Gasteiger partial charge >= 0.3 is 0 Å². The van der Waals surface area contributed by atoms with Crippen LogP contribution in [0.4, 0.5) is 0 Å². The highest BCUT2D eigenvalue weighted by molar-refractivity contribution is 5.96. The molecule has 1 atom stereocenters. The van der Waals surface area contributed by atoms with Crippen molar-refractivity contribution in [2.24, 2.45) is 0 Å². The number of amides is 1. The van der Waals surface area contributed by atoms with Gasteiger partial charge in [0.2, 0.25) is 0 Å². The van der Waals surface area contributed by atoms with Crippen LogP contribution in [0.2, 0.25) is 0 Å². The van der Waals surface area contributed by atoms with E-state index in [1.54, 1.807) is 13.8 Å². The minimum Gasteiger partial charge on any atom is -0.361 e. The lowest BCUT2D eigenvalue weighted by atomic mass is 10.1. The summed E-state index contributed by atoms with van der Waals surface area (Å²) in [7, 11) is 0. The summed E-state index contributed by atoms with van der Waals surface area (Å²) in [4.78, 5) is 12.4. The monoisotopic (exact) mass is 289 g/mol. The van der Waals surface area contributed by atoms with E-state index in [9.17, 15) is 4.79 Å². The van der Waals surface area contributed by atoms with Crippen LogP contribution < -0.4 is 5.32 Å². The SMILES string of the molecule is CCc1nnc2n1C[C@@H](NC(=O)c1c(C)noc1C)CC2. The molecule has 0 aromatic carbocycles. The molecule has 0 radical (unpaired) electrons. The van der Waals surface area contributed by atoms with Gasteiger partial charge in [0, 0.05) is 25.4 Å². The number of hydrogen-bond acceptors (Lipinski definition) is 5. The molecule has 0 saturated heterocycles. The predicted molar refractivity (Wildman–Crippen MR) is 75.0 cm³/mol. The first-order valence-electron chi connectivity index (χ1n) is 7.24. The molecular weight excluding hydrogens is 270 g/mol. The Morgan fingerprint density at radius 1 is 1.43 bits per heavy atom. The average molecular weight is 289 g/mol. The van der Waals surface area contributed by atoms with Crippen molar-refractivity contribution in [3.05, 3.63) is 28.7 Å². The van der Waals surface area contributed by atoms with E-state index in [-0.39, 0.29) is 11.9 Å². The molecule has 1 aliphatic rings. The van der Waals surface area contributed by atoms with Crippen molar-refractivity contribution in [1.82, 2.24) is 25.2 Å². The number of carbonyl (C=O) groups is 1. The molecule has 1 N–H and O–H groups in total. The highest BCUT2D eigenvalue weighted by Gasteiger charge is 2.25. The first-order chi connectivity index (χ1) is 10.1. The number of fused-ring (bicyclic) bond motifs is 1. The van der Waals surface area contributed by atoms with Crippen molar-refractivity contribution >= 4 is 5.91 Å². The van der Waals surface area contributed by atoms with E-state index >= 15 is 0 Å². The Bertz CT molecular complexity index is 640. The van der Waals surface area contributed by atoms with Gasteiger partial charge in [-0.25, -0.2) is 0 Å². The largest absolute Gasteiger partial charge is 0.361 e. The van der Waals surface area contributed by atoms with Crippen LogP contribution in [0.3, 0.4) is 0 Å². The average Bonchev–Trinajstić information content (AvgIpc) is 3.01. The zero-order chi connectivity index (χ0) is 15.0. The number of nitrogens with one attached hydrogen (secondary N) is 1. The van der Waals surface area contributed by atoms with Gasteiger partial charge in [-0.05, 0) is 20.3 Å². The molecule has 1 aliphatic heterocycles. The molecular formula is C14H19N5O2. The molecule has 3 rings (SSSR count). The fourth-order valence-electron chi connectivity index (χ4n) is 2.83. The molecule has 0 unspecified atom stereocenters. The van der Waals surface area contributed by atoms with Gasteiger partial charge in [0.15, 0.2) is 0 Å². The number of carbonyl (C=O) groups excluding carboxylic acids is 1. The van der Waals surface area contributed by atoms with E-state index in [1.165, 1.54) is 0 Å². The summed E-state index contributed by atoms with van der Waals surface area (Å²) in [6.07, 6.45) is 2.55. The van der Waals surface area contributed by atoms with Gasteiger partial charge in [-0.15, -0.1) is 10.2 Å². The lowest BCUT2D eigenvalue weighted by Gasteiger charge is -2.25. The van der Waals surface area contributed by atoms with Crippen LogP contribution in [0.15, 0.2) is 4.52 Å². The van der Waals surface area contributed by atoms with Crippen molar-refractivity contribution < 1.29 is 9.32 Å². The summed E-state index contributed by atoms with van der Waals surface area (Å²) in [5.41, 5.74) is 1.17. The minimum atomic E-state index is -0.120. The molecule has 0 bridgehead atoms. The topological polar surface area (TPSA) is 85.8 Å². The van der Waals surface area contributed by atoms with Gasteiger partial charge in [-0.2, -0.15) is 0 Å². The third kappa shape index (κ3) is 2.43. The predicted octanol–water partition coefficient (Wildman–Crippen LogP) is 1.19. The fourth-order valence-corrected chi connectivity index (χ4v) is 2.83. The van der Waals surface area contributed by atoms with Crippen LogP contribution in [0, 0.1) is 13.8 Å². The number of nitrogens with zero attached hydrogens (tertiary/aromatic N) is 4. The van der Waals surface area contributed by atoms with Gasteiger partial charge in [0.05, 0.1) is 5.69 Å². The molecule has 2 aromatic heterocycles. The van der Waals surface area contributed by atoms with Crippen LogP contribution in [-0.2, 0) is 19.4 Å². The van der Waals surface area contributed by atoms with Crippen molar-refractivity contribution in [3.63, 3.8) is 0 Å². The third-order valence-corrected chi connectivity index (χ3v) is 3.94. The number of aromatic nitrogens is 4. The molecule has 2 aromatic rings. The fraction of sp³-hybridized carbons (Fsp3) is 0.571. The van der Waals surface area contributed by atoms with E-state index < -0.39 is 0 Å². The Balaban J connectivity index is 1.74. The molecule has 0 saturated carbocycles. The summed E-state index contributed by atoms with van der Waals surface area (Å²) >= 11 is 0. The molecule has 0 spiro atoms. The normalized spacial score (nSPS) is 17.6. The molecule has 0 fully saturated rings. The summed E-state index contributed by atoms with van der Waals surface area (Å²) in [5.74, 6) is 2.42. The van der Waals surface area contributed by atoms with Crippen molar-refractivity contribution in [2.45, 2.75) is 52.6 Å². The van der Waals surface area contributed by atoms with Gasteiger partial charge in [0.25, 0.3) is 5.91 Å². The minimum absolute atomic E-state index is 0.0833. The zero-order valence-corrected chi connectivity index (χ0v) is 12.5. The lowest BCUT2D eigenvalue weighted by molar-refractivity contribution is 0.0925. The molecule has 0 aliphatic carbocycles. The number of aryl methyl sites for hydroxylation is 4. The maximum absolute atomic E-state index is 12.4. The Labute approximate surface area is 122 Å². The van der Waals surface area contributed by atoms with Crippen LogP contribution in [0.1, 0.15) is 46.8 Å². The van der Waals surface area contributed by atoms with Crippen molar-refractivity contribution in [1.29, 1.82) is 0 Å². The molecule has 1 amide bonds. The van der Waals surface area contributed by atoms with Gasteiger partial charge in [0.1, 0.15) is 23.0 Å². The molecule has 7 heteroatoms. The zero-order valence-electron chi connectivity index (χ0n) is 12.5. The Kier molecular flexibility index (Phi) is 3.48. The molecule has 21 heavy (non-hydrogen) atoms. The Morgan fingerprint density at radius 3 is 2.90 bits per heavy atom. The van der Waals surface area contributed by atoms with E-state index in [2.05, 4.69) is 32.2 Å². The second kappa shape index (κ2) is 5.31. The van der Waals surface area contributed by atoms with Crippen molar-refractivity contribution in [3.8, 4) is 0 Å². The van der Waals surface area contributed by atoms with Gasteiger partial charge < -0.3 is 14.4 Å². The third-order valence-electron chi connectivity index (χ3n) is 3.94. The first-order valence-corrected chi connectivity index (χ1v) is 7.24. The van der Waals surface area contributed by atoms with Crippen LogP contribution in [0.25, 0.3) is 0 Å². The maximum atomic E-state index is 12.4. The van der Waals surface area contributed by atoms with Crippen LogP contribution >= 0.6 is 0 Å². The summed E-state index contributed by atoms with van der Waals surface area (Å²) in [6, 6.07) is 0.0833. The van der Waals surface area contributed by atoms with E-state index in [0.717, 1.165) is 37.5 Å². The Hall–Kier alpha value is -2.18. The number of hydrogen-bond donors (Lipinski definition) is 1. The lowest BCUT2D eigenvalue weighted by Crippen LogP contribution is -2.41. The molecule has 7 nitrogen and oxygen atoms in total. The molecule has 3 heterocycles. The smallest absolute Gasteiger partial charge is 0.257 e. The van der Waals surface area contributed by atoms with Gasteiger partial charge in [-0.1, -0.05) is 12.1 Å². The second-order valence-electron chi connectivity index (χ2n) is 5.40. The Morgan fingerprint density at radius 2 is 2.24 bits per heavy atom. The maximum Gasteiger partial charge on any atom is 0.257 e. The quantitative estimate of drug-likeness (QED) is 0.917. The standard InChI is InChI=1S/C14H19N5O2/c1-4-11-16-17-12-6-5-10(7-19(11)12)15-14(20)13-8(2)18-21-9(13)3/h10H,4-7H2,1-3H3,(H,15,20)/t10-/m0/s1. The first kappa shape index (κ1) is 13.8. The van der Waals surface area contributed by atoms with E-state index in [0.29, 0.717) is 17.0 Å². The van der Waals surface area contributed by atoms with E-state index in [4.69, 9.17) is 4.52 Å². The van der Waals surface area contributed by atoms with Crippen LogP contribution in [-0.4, -0.2) is 31.9 Å². The van der Waals surface area contributed by atoms with Gasteiger partial charge in [-0.3, -0.25) is 4.79 Å². The summed E-state index contributed by atoms with van der Waals surface area (Å²) < 4.78 is 7.16. The summed E-state index contributed by atoms with van der Waals surface area (Å²) in [6.45, 7) is 6.31. The second-order valence-corrected chi connectivity index (χ2v) is 5.40.